The Labute approximate surface area is 143 Å². The Morgan fingerprint density at radius 2 is 1.82 bits per heavy atom. The van der Waals surface area contributed by atoms with Gasteiger partial charge in [-0.25, -0.2) is 0 Å². The van der Waals surface area contributed by atoms with Crippen LogP contribution >= 0.6 is 34.9 Å². The number of rotatable bonds is 8. The van der Waals surface area contributed by atoms with E-state index in [2.05, 4.69) is 48.3 Å². The number of carbonyl (C=O) groups excluding carboxylic acids is 1. The van der Waals surface area contributed by atoms with Gasteiger partial charge in [-0.05, 0) is 17.0 Å². The summed E-state index contributed by atoms with van der Waals surface area (Å²) in [6.07, 6.45) is 0.370. The summed E-state index contributed by atoms with van der Waals surface area (Å²) in [5, 5.41) is 8.29. The van der Waals surface area contributed by atoms with Crippen molar-refractivity contribution in [1.82, 2.24) is 10.2 Å². The second-order valence-corrected chi connectivity index (χ2v) is 8.63. The van der Waals surface area contributed by atoms with Crippen LogP contribution in [0.15, 0.2) is 32.9 Å². The molecular formula is C15H19N3OS3. The summed E-state index contributed by atoms with van der Waals surface area (Å²) >= 11 is 4.78. The van der Waals surface area contributed by atoms with Crippen molar-refractivity contribution in [2.24, 2.45) is 5.73 Å². The highest BCUT2D eigenvalue weighted by molar-refractivity contribution is 8.02. The fourth-order valence-electron chi connectivity index (χ4n) is 1.70. The van der Waals surface area contributed by atoms with Gasteiger partial charge in [0, 0.05) is 17.9 Å². The second-order valence-electron chi connectivity index (χ2n) is 5.08. The first-order valence-electron chi connectivity index (χ1n) is 7.01. The highest BCUT2D eigenvalue weighted by atomic mass is 32.2. The molecule has 22 heavy (non-hydrogen) atoms. The van der Waals surface area contributed by atoms with Crippen LogP contribution in [0.3, 0.4) is 0 Å². The molecule has 0 unspecified atom stereocenters. The summed E-state index contributed by atoms with van der Waals surface area (Å²) in [7, 11) is 0. The minimum Gasteiger partial charge on any atom is -0.370 e. The Kier molecular flexibility index (Phi) is 6.72. The zero-order valence-electron chi connectivity index (χ0n) is 12.6. The molecule has 0 spiro atoms. The minimum atomic E-state index is -0.281. The number of amides is 1. The fraction of sp³-hybridized carbons (Fsp3) is 0.400. The van der Waals surface area contributed by atoms with Gasteiger partial charge in [0.2, 0.25) is 5.91 Å². The molecular weight excluding hydrogens is 334 g/mol. The van der Waals surface area contributed by atoms with Gasteiger partial charge in [-0.1, -0.05) is 73.0 Å². The van der Waals surface area contributed by atoms with Gasteiger partial charge in [0.1, 0.15) is 0 Å². The predicted molar refractivity (Wildman–Crippen MR) is 94.5 cm³/mol. The third-order valence-corrected chi connectivity index (χ3v) is 6.23. The zero-order chi connectivity index (χ0) is 15.9. The number of nitrogens with zero attached hydrogens (tertiary/aromatic N) is 2. The number of carbonyl (C=O) groups is 1. The molecule has 0 fully saturated rings. The molecule has 0 aliphatic rings. The highest BCUT2D eigenvalue weighted by Gasteiger charge is 2.07. The van der Waals surface area contributed by atoms with Crippen LogP contribution in [-0.4, -0.2) is 21.9 Å². The number of thioether (sulfide) groups is 2. The second kappa shape index (κ2) is 8.55. The van der Waals surface area contributed by atoms with E-state index in [1.165, 1.54) is 22.9 Å². The lowest BCUT2D eigenvalue weighted by molar-refractivity contribution is -0.117. The van der Waals surface area contributed by atoms with Crippen LogP contribution < -0.4 is 5.73 Å². The van der Waals surface area contributed by atoms with Crippen LogP contribution in [0.5, 0.6) is 0 Å². The van der Waals surface area contributed by atoms with Gasteiger partial charge in [0.25, 0.3) is 0 Å². The standard InChI is InChI=1S/C15H19N3OS3/c1-10(2)12-5-3-11(4-6-12)9-21-15-18-17-14(22-15)20-8-7-13(16)19/h3-6,10H,7-9H2,1-2H3,(H2,16,19). The predicted octanol–water partition coefficient (Wildman–Crippen LogP) is 3.92. The van der Waals surface area contributed by atoms with Crippen molar-refractivity contribution >= 4 is 40.8 Å². The van der Waals surface area contributed by atoms with Crippen LogP contribution in [-0.2, 0) is 10.5 Å². The summed E-state index contributed by atoms with van der Waals surface area (Å²) < 4.78 is 1.84. The van der Waals surface area contributed by atoms with E-state index in [9.17, 15) is 4.79 Å². The molecule has 0 aliphatic heterocycles. The van der Waals surface area contributed by atoms with Crippen LogP contribution in [0.25, 0.3) is 0 Å². The van der Waals surface area contributed by atoms with E-state index in [0.29, 0.717) is 18.1 Å². The van der Waals surface area contributed by atoms with Gasteiger partial charge >= 0.3 is 0 Å². The maximum Gasteiger partial charge on any atom is 0.218 e. The fourth-order valence-corrected chi connectivity index (χ4v) is 4.70. The first-order chi connectivity index (χ1) is 10.5. The molecule has 0 radical (unpaired) electrons. The van der Waals surface area contributed by atoms with Crippen molar-refractivity contribution in [2.45, 2.75) is 40.6 Å². The van der Waals surface area contributed by atoms with E-state index >= 15 is 0 Å². The molecule has 1 heterocycles. The molecule has 1 aromatic heterocycles. The molecule has 1 amide bonds. The molecule has 1 aromatic carbocycles. The molecule has 2 N–H and O–H groups in total. The molecule has 0 atom stereocenters. The van der Waals surface area contributed by atoms with Gasteiger partial charge in [-0.3, -0.25) is 4.79 Å². The number of aromatic nitrogens is 2. The normalized spacial score (nSPS) is 11.0. The topological polar surface area (TPSA) is 68.9 Å². The number of nitrogens with two attached hydrogens (primary N) is 1. The Bertz CT molecular complexity index is 611. The molecule has 0 aliphatic carbocycles. The molecule has 0 bridgehead atoms. The number of primary amides is 1. The third kappa shape index (κ3) is 5.62. The largest absolute Gasteiger partial charge is 0.370 e. The van der Waals surface area contributed by atoms with E-state index in [-0.39, 0.29) is 5.91 Å². The molecule has 4 nitrogen and oxygen atoms in total. The quantitative estimate of drug-likeness (QED) is 0.728. The number of hydrogen-bond acceptors (Lipinski definition) is 6. The first kappa shape index (κ1) is 17.3. The molecule has 2 aromatic rings. The van der Waals surface area contributed by atoms with Crippen molar-refractivity contribution in [1.29, 1.82) is 0 Å². The van der Waals surface area contributed by atoms with Crippen molar-refractivity contribution in [3.63, 3.8) is 0 Å². The van der Waals surface area contributed by atoms with E-state index in [1.807, 2.05) is 0 Å². The molecule has 2 rings (SSSR count). The summed E-state index contributed by atoms with van der Waals surface area (Å²) in [5.74, 6) is 1.82. The van der Waals surface area contributed by atoms with Gasteiger partial charge in [0.15, 0.2) is 8.68 Å². The average molecular weight is 354 g/mol. The Hall–Kier alpha value is -1.05. The average Bonchev–Trinajstić information content (AvgIpc) is 2.93. The minimum absolute atomic E-state index is 0.281. The van der Waals surface area contributed by atoms with Gasteiger partial charge in [-0.2, -0.15) is 0 Å². The molecule has 0 saturated carbocycles. The third-order valence-electron chi connectivity index (χ3n) is 2.97. The van der Waals surface area contributed by atoms with E-state index in [1.54, 1.807) is 23.1 Å². The Morgan fingerprint density at radius 3 is 2.41 bits per heavy atom. The molecule has 7 heteroatoms. The monoisotopic (exact) mass is 353 g/mol. The van der Waals surface area contributed by atoms with Crippen LogP contribution in [0.2, 0.25) is 0 Å². The van der Waals surface area contributed by atoms with Gasteiger partial charge in [0.05, 0.1) is 0 Å². The first-order valence-corrected chi connectivity index (χ1v) is 9.79. The van der Waals surface area contributed by atoms with Gasteiger partial charge < -0.3 is 5.73 Å². The highest BCUT2D eigenvalue weighted by Crippen LogP contribution is 2.31. The maximum absolute atomic E-state index is 10.7. The summed E-state index contributed by atoms with van der Waals surface area (Å²) in [6, 6.07) is 8.72. The van der Waals surface area contributed by atoms with Crippen molar-refractivity contribution in [3.05, 3.63) is 35.4 Å². The maximum atomic E-state index is 10.7. The lowest BCUT2D eigenvalue weighted by Gasteiger charge is -2.05. The van der Waals surface area contributed by atoms with Crippen molar-refractivity contribution < 1.29 is 4.79 Å². The van der Waals surface area contributed by atoms with Crippen molar-refractivity contribution in [3.8, 4) is 0 Å². The van der Waals surface area contributed by atoms with Gasteiger partial charge in [-0.15, -0.1) is 10.2 Å². The summed E-state index contributed by atoms with van der Waals surface area (Å²) in [6.45, 7) is 4.39. The van der Waals surface area contributed by atoms with Crippen LogP contribution in [0.1, 0.15) is 37.3 Å². The lowest BCUT2D eigenvalue weighted by Crippen LogP contribution is -2.10. The Balaban J connectivity index is 1.81. The summed E-state index contributed by atoms with van der Waals surface area (Å²) in [5.41, 5.74) is 7.76. The van der Waals surface area contributed by atoms with Crippen LogP contribution in [0, 0.1) is 0 Å². The van der Waals surface area contributed by atoms with E-state index < -0.39 is 0 Å². The summed E-state index contributed by atoms with van der Waals surface area (Å²) in [4.78, 5) is 10.7. The van der Waals surface area contributed by atoms with Crippen molar-refractivity contribution in [2.75, 3.05) is 5.75 Å². The lowest BCUT2D eigenvalue weighted by atomic mass is 10.0. The zero-order valence-corrected chi connectivity index (χ0v) is 15.1. The van der Waals surface area contributed by atoms with E-state index in [0.717, 1.165) is 14.4 Å². The number of hydrogen-bond donors (Lipinski definition) is 1. The molecule has 118 valence electrons. The van der Waals surface area contributed by atoms with Crippen LogP contribution in [0.4, 0.5) is 0 Å². The number of benzene rings is 1. The van der Waals surface area contributed by atoms with E-state index in [4.69, 9.17) is 5.73 Å². The smallest absolute Gasteiger partial charge is 0.218 e. The Morgan fingerprint density at radius 1 is 1.18 bits per heavy atom. The SMILES string of the molecule is CC(C)c1ccc(CSc2nnc(SCCC(N)=O)s2)cc1. The molecule has 0 saturated heterocycles.